The lowest BCUT2D eigenvalue weighted by molar-refractivity contribution is 0.228. The van der Waals surface area contributed by atoms with Crippen LogP contribution in [0.1, 0.15) is 19.4 Å². The molecule has 0 saturated carbocycles. The molecule has 0 saturated heterocycles. The van der Waals surface area contributed by atoms with E-state index in [9.17, 15) is 0 Å². The summed E-state index contributed by atoms with van der Waals surface area (Å²) in [7, 11) is 4.18. The molecule has 0 spiro atoms. The van der Waals surface area contributed by atoms with Crippen LogP contribution in [0.5, 0.6) is 0 Å². The van der Waals surface area contributed by atoms with Crippen molar-refractivity contribution < 1.29 is 4.74 Å². The molecule has 0 radical (unpaired) electrons. The van der Waals surface area contributed by atoms with Gasteiger partial charge in [-0.1, -0.05) is 42.5 Å². The lowest BCUT2D eigenvalue weighted by atomic mass is 9.81. The van der Waals surface area contributed by atoms with Crippen LogP contribution in [0.4, 0.5) is 0 Å². The molecule has 1 unspecified atom stereocenters. The Morgan fingerprint density at radius 2 is 1.90 bits per heavy atom. The second kappa shape index (κ2) is 5.68. The van der Waals surface area contributed by atoms with Crippen LogP contribution in [0, 0.1) is 0 Å². The summed E-state index contributed by atoms with van der Waals surface area (Å²) >= 11 is 0. The third-order valence-electron chi connectivity index (χ3n) is 3.74. The molecule has 1 aromatic rings. The Balaban J connectivity index is 2.62. The highest BCUT2D eigenvalue weighted by Gasteiger charge is 2.41. The second-order valence-electron chi connectivity index (χ2n) is 5.34. The normalized spacial score (nSPS) is 21.6. The fraction of sp³-hybridized carbons (Fsp3) is 0.333. The molecule has 0 aliphatic heterocycles. The zero-order valence-corrected chi connectivity index (χ0v) is 12.8. The average molecular weight is 269 g/mol. The molecule has 0 heterocycles. The van der Waals surface area contributed by atoms with E-state index in [0.717, 1.165) is 11.3 Å². The lowest BCUT2D eigenvalue weighted by Crippen LogP contribution is -2.40. The maximum atomic E-state index is 5.73. The van der Waals surface area contributed by atoms with Gasteiger partial charge in [-0.05, 0) is 51.2 Å². The van der Waals surface area contributed by atoms with Crippen molar-refractivity contribution in [3.05, 3.63) is 71.5 Å². The van der Waals surface area contributed by atoms with Gasteiger partial charge in [0.1, 0.15) is 5.76 Å². The molecular formula is C18H23NO. The first-order chi connectivity index (χ1) is 9.52. The second-order valence-corrected chi connectivity index (χ2v) is 5.34. The monoisotopic (exact) mass is 269 g/mol. The van der Waals surface area contributed by atoms with E-state index in [0.29, 0.717) is 6.61 Å². The molecule has 0 bridgehead atoms. The van der Waals surface area contributed by atoms with Gasteiger partial charge >= 0.3 is 0 Å². The maximum absolute atomic E-state index is 5.73. The van der Waals surface area contributed by atoms with Crippen LogP contribution in [0.25, 0.3) is 0 Å². The number of nitrogens with zero attached hydrogens (tertiary/aromatic N) is 1. The molecule has 1 aliphatic carbocycles. The molecule has 0 aromatic heterocycles. The first-order valence-corrected chi connectivity index (χ1v) is 6.99. The van der Waals surface area contributed by atoms with E-state index < -0.39 is 0 Å². The van der Waals surface area contributed by atoms with Crippen molar-refractivity contribution >= 4 is 0 Å². The van der Waals surface area contributed by atoms with Crippen molar-refractivity contribution in [2.45, 2.75) is 19.4 Å². The van der Waals surface area contributed by atoms with E-state index in [4.69, 9.17) is 4.74 Å². The number of rotatable bonds is 5. The molecule has 106 valence electrons. The van der Waals surface area contributed by atoms with Gasteiger partial charge in [0, 0.05) is 0 Å². The van der Waals surface area contributed by atoms with E-state index in [1.165, 1.54) is 11.1 Å². The summed E-state index contributed by atoms with van der Waals surface area (Å²) in [6.45, 7) is 8.88. The Hall–Kier alpha value is -1.80. The van der Waals surface area contributed by atoms with Crippen molar-refractivity contribution in [3.8, 4) is 0 Å². The number of likely N-dealkylation sites (N-methyl/N-ethyl adjacent to an activating group) is 1. The molecule has 20 heavy (non-hydrogen) atoms. The zero-order chi connectivity index (χ0) is 14.8. The fourth-order valence-corrected chi connectivity index (χ4v) is 2.84. The van der Waals surface area contributed by atoms with Crippen LogP contribution in [-0.2, 0) is 10.3 Å². The largest absolute Gasteiger partial charge is 0.494 e. The fourth-order valence-electron chi connectivity index (χ4n) is 2.84. The summed E-state index contributed by atoms with van der Waals surface area (Å²) < 4.78 is 5.73. The first-order valence-electron chi connectivity index (χ1n) is 6.99. The highest BCUT2D eigenvalue weighted by atomic mass is 16.5. The number of allylic oxidation sites excluding steroid dienone is 1. The molecule has 0 amide bonds. The van der Waals surface area contributed by atoms with E-state index in [2.05, 4.69) is 68.9 Å². The molecular weight excluding hydrogens is 246 g/mol. The van der Waals surface area contributed by atoms with Gasteiger partial charge < -0.3 is 4.74 Å². The van der Waals surface area contributed by atoms with Crippen LogP contribution in [0.3, 0.4) is 0 Å². The predicted molar refractivity (Wildman–Crippen MR) is 84.4 cm³/mol. The minimum Gasteiger partial charge on any atom is -0.494 e. The van der Waals surface area contributed by atoms with Gasteiger partial charge in [-0.3, -0.25) is 4.90 Å². The molecule has 2 heteroatoms. The molecule has 1 aromatic carbocycles. The van der Waals surface area contributed by atoms with Crippen LogP contribution in [0.2, 0.25) is 0 Å². The highest BCUT2D eigenvalue weighted by molar-refractivity contribution is 5.56. The van der Waals surface area contributed by atoms with Crippen molar-refractivity contribution in [3.63, 3.8) is 0 Å². The summed E-state index contributed by atoms with van der Waals surface area (Å²) in [5, 5.41) is 0. The van der Waals surface area contributed by atoms with Gasteiger partial charge in [0.25, 0.3) is 0 Å². The zero-order valence-electron chi connectivity index (χ0n) is 12.8. The topological polar surface area (TPSA) is 12.5 Å². The number of hydrogen-bond acceptors (Lipinski definition) is 2. The summed E-state index contributed by atoms with van der Waals surface area (Å²) in [6, 6.07) is 10.5. The maximum Gasteiger partial charge on any atom is 0.118 e. The Morgan fingerprint density at radius 3 is 2.40 bits per heavy atom. The van der Waals surface area contributed by atoms with Gasteiger partial charge in [0.15, 0.2) is 0 Å². The number of hydrogen-bond donors (Lipinski definition) is 0. The van der Waals surface area contributed by atoms with Gasteiger partial charge in [-0.25, -0.2) is 0 Å². The highest BCUT2D eigenvalue weighted by Crippen LogP contribution is 2.44. The van der Waals surface area contributed by atoms with Gasteiger partial charge in [-0.15, -0.1) is 0 Å². The van der Waals surface area contributed by atoms with Crippen LogP contribution < -0.4 is 0 Å². The van der Waals surface area contributed by atoms with Crippen LogP contribution in [0.15, 0.2) is 66.0 Å². The summed E-state index contributed by atoms with van der Waals surface area (Å²) in [5.41, 5.74) is 3.19. The molecule has 0 N–H and O–H groups in total. The van der Waals surface area contributed by atoms with E-state index in [-0.39, 0.29) is 5.54 Å². The summed E-state index contributed by atoms with van der Waals surface area (Å²) in [5.74, 6) is 0.919. The average Bonchev–Trinajstić information content (AvgIpc) is 2.81. The van der Waals surface area contributed by atoms with Gasteiger partial charge in [-0.2, -0.15) is 0 Å². The smallest absolute Gasteiger partial charge is 0.118 e. The molecule has 0 fully saturated rings. The Labute approximate surface area is 122 Å². The molecule has 2 rings (SSSR count). The standard InChI is InChI=1S/C18H23NO/c1-6-20-16-12-17(14(2)3)18(13-16,19(4)5)15-10-8-7-9-11-15/h7-13H,2,6H2,1,3-5H3. The summed E-state index contributed by atoms with van der Waals surface area (Å²) in [6.07, 6.45) is 4.30. The minimum atomic E-state index is -0.294. The van der Waals surface area contributed by atoms with Gasteiger partial charge in [0.05, 0.1) is 12.1 Å². The quantitative estimate of drug-likeness (QED) is 0.804. The minimum absolute atomic E-state index is 0.294. The molecule has 2 nitrogen and oxygen atoms in total. The first kappa shape index (κ1) is 14.6. The SMILES string of the molecule is C=C(C)C1=CC(OCC)=CC1(c1ccccc1)N(C)C. The van der Waals surface area contributed by atoms with Gasteiger partial charge in [0.2, 0.25) is 0 Å². The Morgan fingerprint density at radius 1 is 1.25 bits per heavy atom. The number of ether oxygens (including phenoxy) is 1. The number of benzene rings is 1. The van der Waals surface area contributed by atoms with E-state index in [1.54, 1.807) is 0 Å². The lowest BCUT2D eigenvalue weighted by Gasteiger charge is -2.38. The van der Waals surface area contributed by atoms with Crippen molar-refractivity contribution in [1.29, 1.82) is 0 Å². The van der Waals surface area contributed by atoms with Crippen molar-refractivity contribution in [2.24, 2.45) is 0 Å². The van der Waals surface area contributed by atoms with Crippen molar-refractivity contribution in [2.75, 3.05) is 20.7 Å². The Kier molecular flexibility index (Phi) is 4.15. The van der Waals surface area contributed by atoms with E-state index >= 15 is 0 Å². The molecule has 1 aliphatic rings. The van der Waals surface area contributed by atoms with E-state index in [1.807, 2.05) is 13.0 Å². The third kappa shape index (κ3) is 2.32. The van der Waals surface area contributed by atoms with Crippen LogP contribution in [-0.4, -0.2) is 25.6 Å². The third-order valence-corrected chi connectivity index (χ3v) is 3.74. The Bertz CT molecular complexity index is 554. The van der Waals surface area contributed by atoms with Crippen LogP contribution >= 0.6 is 0 Å². The molecule has 1 atom stereocenters. The van der Waals surface area contributed by atoms with Crippen molar-refractivity contribution in [1.82, 2.24) is 4.90 Å². The predicted octanol–water partition coefficient (Wildman–Crippen LogP) is 3.88. The summed E-state index contributed by atoms with van der Waals surface area (Å²) in [4.78, 5) is 2.22.